The molecule has 0 aromatic heterocycles. The fraction of sp³-hybridized carbons (Fsp3) is 0.350. The topological polar surface area (TPSA) is 84.9 Å². The Labute approximate surface area is 179 Å². The lowest BCUT2D eigenvalue weighted by atomic mass is 10.3. The van der Waals surface area contributed by atoms with Gasteiger partial charge in [0.25, 0.3) is 5.91 Å². The summed E-state index contributed by atoms with van der Waals surface area (Å²) in [4.78, 5) is 12.3. The Morgan fingerprint density at radius 2 is 1.76 bits per heavy atom. The van der Waals surface area contributed by atoms with Crippen LogP contribution in [0.2, 0.25) is 0 Å². The second-order valence-electron chi connectivity index (χ2n) is 6.87. The van der Waals surface area contributed by atoms with Crippen LogP contribution in [0.1, 0.15) is 13.8 Å². The van der Waals surface area contributed by atoms with Gasteiger partial charge in [-0.2, -0.15) is 4.31 Å². The summed E-state index contributed by atoms with van der Waals surface area (Å²) in [5.41, 5.74) is 0.494. The molecule has 1 fully saturated rings. The number of carbonyl (C=O) groups is 1. The van der Waals surface area contributed by atoms with Gasteiger partial charge in [0.05, 0.1) is 21.6 Å². The maximum atomic E-state index is 12.9. The van der Waals surface area contributed by atoms with Crippen LogP contribution >= 0.6 is 15.9 Å². The first-order chi connectivity index (χ1) is 13.8. The number of hydrogen-bond donors (Lipinski definition) is 1. The molecule has 1 heterocycles. The molecule has 0 aliphatic carbocycles. The minimum Gasteiger partial charge on any atom is -0.483 e. The third kappa shape index (κ3) is 5.57. The predicted octanol–water partition coefficient (Wildman–Crippen LogP) is 3.26. The Morgan fingerprint density at radius 3 is 2.38 bits per heavy atom. The lowest BCUT2D eigenvalue weighted by molar-refractivity contribution is -0.118. The normalized spacial score (nSPS) is 20.2. The van der Waals surface area contributed by atoms with Crippen LogP contribution in [-0.4, -0.2) is 50.5 Å². The van der Waals surface area contributed by atoms with Crippen LogP contribution in [0.4, 0.5) is 5.69 Å². The summed E-state index contributed by atoms with van der Waals surface area (Å²) in [7, 11) is -3.61. The van der Waals surface area contributed by atoms with Crippen molar-refractivity contribution in [1.29, 1.82) is 0 Å². The molecule has 29 heavy (non-hydrogen) atoms. The van der Waals surface area contributed by atoms with Crippen molar-refractivity contribution in [1.82, 2.24) is 4.31 Å². The lowest BCUT2D eigenvalue weighted by Gasteiger charge is -2.34. The molecule has 0 unspecified atom stereocenters. The van der Waals surface area contributed by atoms with E-state index < -0.39 is 10.0 Å². The Balaban J connectivity index is 1.61. The van der Waals surface area contributed by atoms with Crippen molar-refractivity contribution in [3.8, 4) is 5.75 Å². The molecular formula is C20H23BrN2O5S. The van der Waals surface area contributed by atoms with Gasteiger partial charge in [0, 0.05) is 18.8 Å². The van der Waals surface area contributed by atoms with Crippen molar-refractivity contribution in [2.45, 2.75) is 31.0 Å². The molecule has 1 N–H and O–H groups in total. The molecule has 1 amide bonds. The van der Waals surface area contributed by atoms with Crippen LogP contribution in [0.15, 0.2) is 57.9 Å². The SMILES string of the molecule is C[C@@H]1CN(S(=O)(=O)c2ccc(NC(=O)COc3ccccc3Br)cc2)C[C@@H](C)O1. The fourth-order valence-corrected chi connectivity index (χ4v) is 5.08. The van der Waals surface area contributed by atoms with Crippen molar-refractivity contribution in [3.05, 3.63) is 53.0 Å². The van der Waals surface area contributed by atoms with Gasteiger partial charge in [-0.05, 0) is 66.2 Å². The number of sulfonamides is 1. The van der Waals surface area contributed by atoms with Crippen LogP contribution in [0.5, 0.6) is 5.75 Å². The van der Waals surface area contributed by atoms with Crippen LogP contribution in [-0.2, 0) is 19.6 Å². The van der Waals surface area contributed by atoms with Crippen LogP contribution in [0, 0.1) is 0 Å². The van der Waals surface area contributed by atoms with Gasteiger partial charge in [-0.1, -0.05) is 12.1 Å². The van der Waals surface area contributed by atoms with E-state index in [2.05, 4.69) is 21.2 Å². The molecule has 9 heteroatoms. The summed E-state index contributed by atoms with van der Waals surface area (Å²) >= 11 is 3.35. The quantitative estimate of drug-likeness (QED) is 0.682. The molecule has 2 atom stereocenters. The molecular weight excluding hydrogens is 460 g/mol. The van der Waals surface area contributed by atoms with E-state index in [0.717, 1.165) is 4.47 Å². The summed E-state index contributed by atoms with van der Waals surface area (Å²) in [5.74, 6) is 0.227. The predicted molar refractivity (Wildman–Crippen MR) is 113 cm³/mol. The summed E-state index contributed by atoms with van der Waals surface area (Å²) in [6.07, 6.45) is -0.312. The molecule has 0 spiro atoms. The van der Waals surface area contributed by atoms with E-state index in [1.54, 1.807) is 18.2 Å². The number of hydrogen-bond acceptors (Lipinski definition) is 5. The highest BCUT2D eigenvalue weighted by molar-refractivity contribution is 9.10. The molecule has 1 aliphatic rings. The van der Waals surface area contributed by atoms with Crippen LogP contribution in [0.25, 0.3) is 0 Å². The van der Waals surface area contributed by atoms with Crippen molar-refractivity contribution < 1.29 is 22.7 Å². The monoisotopic (exact) mass is 482 g/mol. The highest BCUT2D eigenvalue weighted by atomic mass is 79.9. The van der Waals surface area contributed by atoms with Gasteiger partial charge in [0.2, 0.25) is 10.0 Å². The number of anilines is 1. The largest absolute Gasteiger partial charge is 0.483 e. The molecule has 1 aliphatic heterocycles. The highest BCUT2D eigenvalue weighted by Gasteiger charge is 2.32. The number of amides is 1. The number of ether oxygens (including phenoxy) is 2. The van der Waals surface area contributed by atoms with Crippen molar-refractivity contribution in [3.63, 3.8) is 0 Å². The Hall–Kier alpha value is -1.94. The van der Waals surface area contributed by atoms with E-state index in [1.165, 1.54) is 16.4 Å². The average molecular weight is 483 g/mol. The lowest BCUT2D eigenvalue weighted by Crippen LogP contribution is -2.48. The minimum absolute atomic E-state index is 0.156. The maximum Gasteiger partial charge on any atom is 0.262 e. The smallest absolute Gasteiger partial charge is 0.262 e. The summed E-state index contributed by atoms with van der Waals surface area (Å²) in [6, 6.07) is 13.4. The Kier molecular flexibility index (Phi) is 6.94. The second kappa shape index (κ2) is 9.25. The molecule has 0 radical (unpaired) electrons. The fourth-order valence-electron chi connectivity index (χ4n) is 3.09. The average Bonchev–Trinajstić information content (AvgIpc) is 2.67. The zero-order valence-corrected chi connectivity index (χ0v) is 18.6. The van der Waals surface area contributed by atoms with Crippen LogP contribution < -0.4 is 10.1 Å². The zero-order valence-electron chi connectivity index (χ0n) is 16.2. The van der Waals surface area contributed by atoms with Gasteiger partial charge >= 0.3 is 0 Å². The third-order valence-electron chi connectivity index (χ3n) is 4.36. The van der Waals surface area contributed by atoms with Crippen molar-refractivity contribution >= 4 is 37.5 Å². The summed E-state index contributed by atoms with van der Waals surface area (Å²) in [5, 5.41) is 2.70. The first kappa shape index (κ1) is 21.8. The number of halogens is 1. The van der Waals surface area contributed by atoms with E-state index in [9.17, 15) is 13.2 Å². The number of carbonyl (C=O) groups excluding carboxylic acids is 1. The summed E-state index contributed by atoms with van der Waals surface area (Å²) in [6.45, 7) is 4.18. The van der Waals surface area contributed by atoms with Gasteiger partial charge in [0.1, 0.15) is 5.75 Å². The number of rotatable bonds is 6. The Morgan fingerprint density at radius 1 is 1.14 bits per heavy atom. The zero-order chi connectivity index (χ0) is 21.0. The number of morpholine rings is 1. The molecule has 1 saturated heterocycles. The van der Waals surface area contributed by atoms with Gasteiger partial charge in [-0.15, -0.1) is 0 Å². The standard InChI is InChI=1S/C20H23BrN2O5S/c1-14-11-23(12-15(2)28-14)29(25,26)17-9-7-16(8-10-17)22-20(24)13-27-19-6-4-3-5-18(19)21/h3-10,14-15H,11-13H2,1-2H3,(H,22,24)/t14-,15-/m1/s1. The minimum atomic E-state index is -3.61. The van der Waals surface area contributed by atoms with Gasteiger partial charge < -0.3 is 14.8 Å². The third-order valence-corrected chi connectivity index (χ3v) is 6.86. The first-order valence-corrected chi connectivity index (χ1v) is 11.4. The van der Waals surface area contributed by atoms with E-state index >= 15 is 0 Å². The number of benzene rings is 2. The molecule has 2 aromatic rings. The van der Waals surface area contributed by atoms with Crippen LogP contribution in [0.3, 0.4) is 0 Å². The number of nitrogens with zero attached hydrogens (tertiary/aromatic N) is 1. The van der Waals surface area contributed by atoms with Crippen molar-refractivity contribution in [2.75, 3.05) is 25.0 Å². The van der Waals surface area contributed by atoms with Gasteiger partial charge in [0.15, 0.2) is 6.61 Å². The molecule has 0 bridgehead atoms. The van der Waals surface area contributed by atoms with E-state index in [0.29, 0.717) is 24.5 Å². The second-order valence-corrected chi connectivity index (χ2v) is 9.66. The number of nitrogens with one attached hydrogen (secondary N) is 1. The van der Waals surface area contributed by atoms with E-state index in [1.807, 2.05) is 32.0 Å². The maximum absolute atomic E-state index is 12.9. The Bertz CT molecular complexity index is 955. The molecule has 2 aromatic carbocycles. The number of para-hydroxylation sites is 1. The van der Waals surface area contributed by atoms with Crippen molar-refractivity contribution in [2.24, 2.45) is 0 Å². The highest BCUT2D eigenvalue weighted by Crippen LogP contribution is 2.24. The molecule has 156 valence electrons. The van der Waals surface area contributed by atoms with E-state index in [-0.39, 0.29) is 29.6 Å². The van der Waals surface area contributed by atoms with E-state index in [4.69, 9.17) is 9.47 Å². The van der Waals surface area contributed by atoms with Gasteiger partial charge in [-0.25, -0.2) is 8.42 Å². The molecule has 3 rings (SSSR count). The van der Waals surface area contributed by atoms with Gasteiger partial charge in [-0.3, -0.25) is 4.79 Å². The summed E-state index contributed by atoms with van der Waals surface area (Å²) < 4.78 is 39.0. The molecule has 0 saturated carbocycles. The first-order valence-electron chi connectivity index (χ1n) is 9.18. The molecule has 7 nitrogen and oxygen atoms in total.